The van der Waals surface area contributed by atoms with E-state index in [0.717, 1.165) is 5.75 Å². The summed E-state index contributed by atoms with van der Waals surface area (Å²) in [6.45, 7) is 2.01. The van der Waals surface area contributed by atoms with Crippen molar-refractivity contribution in [3.8, 4) is 0 Å². The molecule has 0 saturated heterocycles. The molecule has 0 fully saturated rings. The summed E-state index contributed by atoms with van der Waals surface area (Å²) in [5.41, 5.74) is 8.35. The number of rotatable bonds is 4. The topological polar surface area (TPSA) is 38.9 Å². The van der Waals surface area contributed by atoms with Gasteiger partial charge in [-0.2, -0.15) is 0 Å². The van der Waals surface area contributed by atoms with E-state index in [4.69, 9.17) is 5.73 Å². The van der Waals surface area contributed by atoms with Gasteiger partial charge in [-0.15, -0.1) is 11.8 Å². The molecule has 2 rings (SSSR count). The number of benzene rings is 1. The van der Waals surface area contributed by atoms with Gasteiger partial charge < -0.3 is 5.73 Å². The van der Waals surface area contributed by atoms with Gasteiger partial charge in [0.2, 0.25) is 0 Å². The van der Waals surface area contributed by atoms with E-state index < -0.39 is 0 Å². The van der Waals surface area contributed by atoms with E-state index in [1.807, 2.05) is 43.2 Å². The number of thioether (sulfide) groups is 1. The van der Waals surface area contributed by atoms with Gasteiger partial charge in [-0.3, -0.25) is 4.98 Å². The van der Waals surface area contributed by atoms with Crippen molar-refractivity contribution in [1.82, 2.24) is 4.98 Å². The van der Waals surface area contributed by atoms with Crippen LogP contribution in [0.5, 0.6) is 0 Å². The van der Waals surface area contributed by atoms with Gasteiger partial charge in [0.05, 0.1) is 0 Å². The van der Waals surface area contributed by atoms with Crippen LogP contribution >= 0.6 is 11.8 Å². The van der Waals surface area contributed by atoms with Crippen molar-refractivity contribution >= 4 is 11.8 Å². The highest BCUT2D eigenvalue weighted by atomic mass is 32.2. The third-order valence-corrected chi connectivity index (χ3v) is 3.60. The van der Waals surface area contributed by atoms with Crippen LogP contribution < -0.4 is 5.73 Å². The molecule has 0 aliphatic carbocycles. The Hall–Kier alpha value is -1.32. The summed E-state index contributed by atoms with van der Waals surface area (Å²) in [4.78, 5) is 5.27. The van der Waals surface area contributed by atoms with Crippen LogP contribution in [-0.2, 0) is 5.75 Å². The normalized spacial score (nSPS) is 12.4. The first-order chi connectivity index (χ1) is 8.25. The Morgan fingerprint density at radius 1 is 1.24 bits per heavy atom. The van der Waals surface area contributed by atoms with E-state index in [9.17, 15) is 0 Å². The zero-order valence-corrected chi connectivity index (χ0v) is 10.7. The molecule has 0 aliphatic heterocycles. The molecule has 1 heterocycles. The van der Waals surface area contributed by atoms with E-state index >= 15 is 0 Å². The molecule has 88 valence electrons. The molecule has 17 heavy (non-hydrogen) atoms. The molecule has 2 nitrogen and oxygen atoms in total. The summed E-state index contributed by atoms with van der Waals surface area (Å²) in [6, 6.07) is 12.6. The third-order valence-electron chi connectivity index (χ3n) is 2.54. The Morgan fingerprint density at radius 3 is 2.71 bits per heavy atom. The van der Waals surface area contributed by atoms with Crippen molar-refractivity contribution in [2.75, 3.05) is 0 Å². The number of pyridine rings is 1. The minimum absolute atomic E-state index is 0.0940. The summed E-state index contributed by atoms with van der Waals surface area (Å²) >= 11 is 1.82. The van der Waals surface area contributed by atoms with Gasteiger partial charge >= 0.3 is 0 Å². The summed E-state index contributed by atoms with van der Waals surface area (Å²) in [5.74, 6) is 0.963. The van der Waals surface area contributed by atoms with Crippen LogP contribution in [0.25, 0.3) is 0 Å². The SMILES string of the molecule is CC(N)c1cccc(SCc2ccncc2)c1. The van der Waals surface area contributed by atoms with Crippen molar-refractivity contribution in [2.45, 2.75) is 23.6 Å². The second kappa shape index (κ2) is 5.84. The molecule has 1 aromatic heterocycles. The van der Waals surface area contributed by atoms with Crippen molar-refractivity contribution in [3.63, 3.8) is 0 Å². The second-order valence-electron chi connectivity index (χ2n) is 4.01. The molecule has 2 N–H and O–H groups in total. The van der Waals surface area contributed by atoms with E-state index in [0.29, 0.717) is 0 Å². The van der Waals surface area contributed by atoms with Gasteiger partial charge in [-0.05, 0) is 42.3 Å². The van der Waals surface area contributed by atoms with Gasteiger partial charge in [0.15, 0.2) is 0 Å². The summed E-state index contributed by atoms with van der Waals surface area (Å²) in [5, 5.41) is 0. The Kier molecular flexibility index (Phi) is 4.18. The third kappa shape index (κ3) is 3.58. The van der Waals surface area contributed by atoms with E-state index in [1.54, 1.807) is 0 Å². The average Bonchev–Trinajstić information content (AvgIpc) is 2.38. The van der Waals surface area contributed by atoms with Gasteiger partial charge in [0, 0.05) is 29.1 Å². The fourth-order valence-corrected chi connectivity index (χ4v) is 2.45. The molecular formula is C14H16N2S. The fourth-order valence-electron chi connectivity index (χ4n) is 1.53. The van der Waals surface area contributed by atoms with Crippen molar-refractivity contribution in [3.05, 3.63) is 59.9 Å². The average molecular weight is 244 g/mol. The Morgan fingerprint density at radius 2 is 2.00 bits per heavy atom. The van der Waals surface area contributed by atoms with Crippen LogP contribution in [0.2, 0.25) is 0 Å². The molecule has 0 spiro atoms. The summed E-state index contributed by atoms with van der Waals surface area (Å²) in [7, 11) is 0. The molecule has 1 atom stereocenters. The number of hydrogen-bond acceptors (Lipinski definition) is 3. The monoisotopic (exact) mass is 244 g/mol. The summed E-state index contributed by atoms with van der Waals surface area (Å²) in [6.07, 6.45) is 3.66. The zero-order valence-electron chi connectivity index (χ0n) is 9.84. The molecule has 0 saturated carbocycles. The van der Waals surface area contributed by atoms with Crippen molar-refractivity contribution in [1.29, 1.82) is 0 Å². The first-order valence-corrected chi connectivity index (χ1v) is 6.61. The fraction of sp³-hybridized carbons (Fsp3) is 0.214. The highest BCUT2D eigenvalue weighted by molar-refractivity contribution is 7.98. The minimum atomic E-state index is 0.0940. The highest BCUT2D eigenvalue weighted by Gasteiger charge is 2.01. The maximum atomic E-state index is 5.87. The first-order valence-electron chi connectivity index (χ1n) is 5.63. The molecule has 3 heteroatoms. The lowest BCUT2D eigenvalue weighted by atomic mass is 10.1. The van der Waals surface area contributed by atoms with Crippen LogP contribution in [0.1, 0.15) is 24.1 Å². The molecule has 1 unspecified atom stereocenters. The van der Waals surface area contributed by atoms with E-state index in [-0.39, 0.29) is 6.04 Å². The van der Waals surface area contributed by atoms with Crippen LogP contribution in [0, 0.1) is 0 Å². The molecule has 0 aliphatic rings. The number of hydrogen-bond donors (Lipinski definition) is 1. The lowest BCUT2D eigenvalue weighted by Gasteiger charge is -2.07. The number of nitrogens with zero attached hydrogens (tertiary/aromatic N) is 1. The van der Waals surface area contributed by atoms with E-state index in [1.165, 1.54) is 16.0 Å². The van der Waals surface area contributed by atoms with Gasteiger partial charge in [0.25, 0.3) is 0 Å². The molecule has 2 aromatic rings. The van der Waals surface area contributed by atoms with Gasteiger partial charge in [-0.1, -0.05) is 12.1 Å². The lowest BCUT2D eigenvalue weighted by molar-refractivity contribution is 0.815. The van der Waals surface area contributed by atoms with Gasteiger partial charge in [0.1, 0.15) is 0 Å². The largest absolute Gasteiger partial charge is 0.324 e. The van der Waals surface area contributed by atoms with Gasteiger partial charge in [-0.25, -0.2) is 0 Å². The van der Waals surface area contributed by atoms with E-state index in [2.05, 4.69) is 29.2 Å². The predicted octanol–water partition coefficient (Wildman–Crippen LogP) is 3.39. The molecular weight excluding hydrogens is 228 g/mol. The summed E-state index contributed by atoms with van der Waals surface area (Å²) < 4.78 is 0. The molecule has 0 bridgehead atoms. The predicted molar refractivity (Wildman–Crippen MR) is 72.8 cm³/mol. The standard InChI is InChI=1S/C14H16N2S/c1-11(15)13-3-2-4-14(9-13)17-10-12-5-7-16-8-6-12/h2-9,11H,10,15H2,1H3. The Balaban J connectivity index is 2.02. The first kappa shape index (κ1) is 12.1. The van der Waals surface area contributed by atoms with Crippen LogP contribution in [0.3, 0.4) is 0 Å². The minimum Gasteiger partial charge on any atom is -0.324 e. The van der Waals surface area contributed by atoms with Crippen LogP contribution in [0.4, 0.5) is 0 Å². The Labute approximate surface area is 106 Å². The molecule has 0 radical (unpaired) electrons. The maximum Gasteiger partial charge on any atom is 0.0270 e. The van der Waals surface area contributed by atoms with Crippen LogP contribution in [-0.4, -0.2) is 4.98 Å². The van der Waals surface area contributed by atoms with Crippen molar-refractivity contribution < 1.29 is 0 Å². The van der Waals surface area contributed by atoms with Crippen molar-refractivity contribution in [2.24, 2.45) is 5.73 Å². The maximum absolute atomic E-state index is 5.87. The number of aromatic nitrogens is 1. The number of nitrogens with two attached hydrogens (primary N) is 1. The Bertz CT molecular complexity index is 469. The highest BCUT2D eigenvalue weighted by Crippen LogP contribution is 2.24. The quantitative estimate of drug-likeness (QED) is 0.838. The lowest BCUT2D eigenvalue weighted by Crippen LogP contribution is -2.04. The second-order valence-corrected chi connectivity index (χ2v) is 5.05. The van der Waals surface area contributed by atoms with Crippen LogP contribution in [0.15, 0.2) is 53.7 Å². The zero-order chi connectivity index (χ0) is 12.1. The smallest absolute Gasteiger partial charge is 0.0270 e. The molecule has 1 aromatic carbocycles. The molecule has 0 amide bonds.